The molecule has 1 aliphatic heterocycles. The van der Waals surface area contributed by atoms with Crippen molar-refractivity contribution in [3.8, 4) is 0 Å². The van der Waals surface area contributed by atoms with Gasteiger partial charge in [0.1, 0.15) is 5.54 Å². The fraction of sp³-hybridized carbons (Fsp3) is 0.357. The summed E-state index contributed by atoms with van der Waals surface area (Å²) in [7, 11) is 0. The topological polar surface area (TPSA) is 113 Å². The van der Waals surface area contributed by atoms with Gasteiger partial charge in [-0.05, 0) is 31.5 Å². The van der Waals surface area contributed by atoms with Crippen molar-refractivity contribution in [1.82, 2.24) is 10.6 Å². The van der Waals surface area contributed by atoms with Crippen LogP contribution >= 0.6 is 0 Å². The van der Waals surface area contributed by atoms with E-state index >= 15 is 0 Å². The van der Waals surface area contributed by atoms with Crippen LogP contribution in [0.4, 0.5) is 10.5 Å². The molecule has 4 amide bonds. The molecule has 1 aromatic carbocycles. The average Bonchev–Trinajstić information content (AvgIpc) is 2.63. The summed E-state index contributed by atoms with van der Waals surface area (Å²) in [6.45, 7) is 3.35. The van der Waals surface area contributed by atoms with Crippen LogP contribution < -0.4 is 21.7 Å². The number of benzene rings is 1. The minimum Gasteiger partial charge on any atom is -0.327 e. The van der Waals surface area contributed by atoms with E-state index in [2.05, 4.69) is 16.0 Å². The zero-order valence-electron chi connectivity index (χ0n) is 11.9. The van der Waals surface area contributed by atoms with Crippen LogP contribution in [0.3, 0.4) is 0 Å². The van der Waals surface area contributed by atoms with E-state index in [4.69, 9.17) is 5.73 Å². The quantitative estimate of drug-likeness (QED) is 0.602. The lowest BCUT2D eigenvalue weighted by molar-refractivity contribution is -0.123. The molecule has 0 aliphatic carbocycles. The van der Waals surface area contributed by atoms with Crippen LogP contribution in [-0.4, -0.2) is 23.9 Å². The first-order valence-corrected chi connectivity index (χ1v) is 6.61. The van der Waals surface area contributed by atoms with Crippen LogP contribution in [0.2, 0.25) is 0 Å². The van der Waals surface area contributed by atoms with Gasteiger partial charge in [0, 0.05) is 18.2 Å². The van der Waals surface area contributed by atoms with Crippen LogP contribution in [0.15, 0.2) is 24.3 Å². The smallest absolute Gasteiger partial charge is 0.322 e. The number of amides is 4. The normalized spacial score (nSPS) is 22.4. The Labute approximate surface area is 122 Å². The van der Waals surface area contributed by atoms with Crippen molar-refractivity contribution < 1.29 is 14.4 Å². The number of nitrogens with two attached hydrogens (primary N) is 1. The largest absolute Gasteiger partial charge is 0.327 e. The van der Waals surface area contributed by atoms with Crippen molar-refractivity contribution in [2.75, 3.05) is 5.32 Å². The maximum atomic E-state index is 11.9. The Hall–Kier alpha value is -2.41. The molecule has 1 aromatic rings. The van der Waals surface area contributed by atoms with Gasteiger partial charge < -0.3 is 16.4 Å². The summed E-state index contributed by atoms with van der Waals surface area (Å²) in [6.07, 6.45) is 0.207. The summed E-state index contributed by atoms with van der Waals surface area (Å²) in [5.74, 6) is -0.626. The van der Waals surface area contributed by atoms with Crippen molar-refractivity contribution in [1.29, 1.82) is 0 Å². The minimum absolute atomic E-state index is 0.202. The Morgan fingerprint density at radius 2 is 2.14 bits per heavy atom. The molecule has 0 radical (unpaired) electrons. The maximum absolute atomic E-state index is 11.9. The lowest BCUT2D eigenvalue weighted by atomic mass is 9.92. The molecule has 1 saturated heterocycles. The first-order chi connectivity index (χ1) is 9.81. The number of hydrogen-bond donors (Lipinski definition) is 4. The van der Waals surface area contributed by atoms with Gasteiger partial charge in [0.15, 0.2) is 0 Å². The van der Waals surface area contributed by atoms with E-state index in [0.29, 0.717) is 11.3 Å². The highest BCUT2D eigenvalue weighted by atomic mass is 16.2. The number of hydrogen-bond acceptors (Lipinski definition) is 4. The zero-order valence-corrected chi connectivity index (χ0v) is 11.9. The molecular formula is C14H18N4O3. The number of anilines is 1. The third kappa shape index (κ3) is 3.19. The van der Waals surface area contributed by atoms with E-state index in [1.807, 2.05) is 0 Å². The fourth-order valence-electron chi connectivity index (χ4n) is 2.16. The van der Waals surface area contributed by atoms with Crippen LogP contribution in [-0.2, 0) is 15.1 Å². The highest BCUT2D eigenvalue weighted by Gasteiger charge is 2.43. The highest BCUT2D eigenvalue weighted by molar-refractivity contribution is 6.07. The zero-order chi connectivity index (χ0) is 15.6. The van der Waals surface area contributed by atoms with Crippen molar-refractivity contribution in [2.45, 2.75) is 31.8 Å². The Balaban J connectivity index is 2.20. The van der Waals surface area contributed by atoms with Gasteiger partial charge in [-0.15, -0.1) is 0 Å². The van der Waals surface area contributed by atoms with Crippen molar-refractivity contribution in [3.05, 3.63) is 29.8 Å². The molecule has 7 nitrogen and oxygen atoms in total. The molecule has 0 spiro atoms. The SMILES string of the molecule is CC(N)CC(=O)Nc1cccc(C2(C)NC(=O)NC2=O)c1. The molecule has 7 heteroatoms. The van der Waals surface area contributed by atoms with Crippen molar-refractivity contribution in [2.24, 2.45) is 5.73 Å². The molecule has 0 bridgehead atoms. The van der Waals surface area contributed by atoms with Gasteiger partial charge in [-0.2, -0.15) is 0 Å². The predicted octanol–water partition coefficient (Wildman–Crippen LogP) is 0.417. The van der Waals surface area contributed by atoms with E-state index in [1.165, 1.54) is 0 Å². The average molecular weight is 290 g/mol. The molecule has 1 aliphatic rings. The van der Waals surface area contributed by atoms with Crippen LogP contribution in [0, 0.1) is 0 Å². The molecule has 0 aromatic heterocycles. The van der Waals surface area contributed by atoms with E-state index in [9.17, 15) is 14.4 Å². The summed E-state index contributed by atoms with van der Waals surface area (Å²) in [4.78, 5) is 34.9. The summed E-state index contributed by atoms with van der Waals surface area (Å²) >= 11 is 0. The van der Waals surface area contributed by atoms with Gasteiger partial charge in [-0.1, -0.05) is 12.1 Å². The maximum Gasteiger partial charge on any atom is 0.322 e. The van der Waals surface area contributed by atoms with E-state index in [1.54, 1.807) is 38.1 Å². The van der Waals surface area contributed by atoms with Crippen molar-refractivity contribution in [3.63, 3.8) is 0 Å². The lowest BCUT2D eigenvalue weighted by Crippen LogP contribution is -2.40. The number of carbonyl (C=O) groups is 3. The molecule has 2 unspecified atom stereocenters. The number of rotatable bonds is 4. The van der Waals surface area contributed by atoms with E-state index in [0.717, 1.165) is 0 Å². The summed E-state index contributed by atoms with van der Waals surface area (Å²) in [5.41, 5.74) is 5.57. The van der Waals surface area contributed by atoms with E-state index < -0.39 is 17.5 Å². The number of carbonyl (C=O) groups excluding carboxylic acids is 3. The highest BCUT2D eigenvalue weighted by Crippen LogP contribution is 2.26. The van der Waals surface area contributed by atoms with Crippen LogP contribution in [0.5, 0.6) is 0 Å². The molecule has 0 saturated carbocycles. The molecule has 112 valence electrons. The molecule has 21 heavy (non-hydrogen) atoms. The predicted molar refractivity (Wildman–Crippen MR) is 77.4 cm³/mol. The summed E-state index contributed by atoms with van der Waals surface area (Å²) in [5, 5.41) is 7.49. The standard InChI is InChI=1S/C14H18N4O3/c1-8(15)6-11(19)16-10-5-3-4-9(7-10)14(2)12(20)17-13(21)18-14/h3-5,7-8H,6,15H2,1-2H3,(H,16,19)(H2,17,18,20,21). The molecule has 1 fully saturated rings. The number of nitrogens with one attached hydrogen (secondary N) is 3. The van der Waals surface area contributed by atoms with Crippen LogP contribution in [0.1, 0.15) is 25.8 Å². The Morgan fingerprint density at radius 3 is 2.71 bits per heavy atom. The van der Waals surface area contributed by atoms with Gasteiger partial charge in [0.25, 0.3) is 5.91 Å². The van der Waals surface area contributed by atoms with Crippen molar-refractivity contribution >= 4 is 23.5 Å². The second kappa shape index (κ2) is 5.53. The summed E-state index contributed by atoms with van der Waals surface area (Å²) < 4.78 is 0. The monoisotopic (exact) mass is 290 g/mol. The van der Waals surface area contributed by atoms with E-state index in [-0.39, 0.29) is 18.4 Å². The van der Waals surface area contributed by atoms with Gasteiger partial charge >= 0.3 is 6.03 Å². The Bertz CT molecular complexity index is 600. The molecule has 2 rings (SSSR count). The van der Waals surface area contributed by atoms with Crippen LogP contribution in [0.25, 0.3) is 0 Å². The first-order valence-electron chi connectivity index (χ1n) is 6.61. The number of imide groups is 1. The van der Waals surface area contributed by atoms with Gasteiger partial charge in [0.2, 0.25) is 5.91 Å². The molecule has 5 N–H and O–H groups in total. The summed E-state index contributed by atoms with van der Waals surface area (Å²) in [6, 6.07) is 6.02. The Morgan fingerprint density at radius 1 is 1.43 bits per heavy atom. The lowest BCUT2D eigenvalue weighted by Gasteiger charge is -2.21. The second-order valence-electron chi connectivity index (χ2n) is 5.34. The first kappa shape index (κ1) is 15.0. The third-order valence-corrected chi connectivity index (χ3v) is 3.28. The van der Waals surface area contributed by atoms with Gasteiger partial charge in [-0.25, -0.2) is 4.79 Å². The second-order valence-corrected chi connectivity index (χ2v) is 5.34. The third-order valence-electron chi connectivity index (χ3n) is 3.28. The minimum atomic E-state index is -1.14. The van der Waals surface area contributed by atoms with Gasteiger partial charge in [0.05, 0.1) is 0 Å². The Kier molecular flexibility index (Phi) is 3.95. The number of urea groups is 1. The molecule has 2 atom stereocenters. The molecule has 1 heterocycles. The fourth-order valence-corrected chi connectivity index (χ4v) is 2.16. The van der Waals surface area contributed by atoms with Gasteiger partial charge in [-0.3, -0.25) is 14.9 Å². The molecular weight excluding hydrogens is 272 g/mol.